The fraction of sp³-hybridized carbons (Fsp3) is 0.714. The molecule has 0 amide bonds. The highest BCUT2D eigenvalue weighted by Gasteiger charge is 2.60. The average Bonchev–Trinajstić information content (AvgIpc) is 3.25. The van der Waals surface area contributed by atoms with Crippen molar-refractivity contribution in [1.82, 2.24) is 0 Å². The summed E-state index contributed by atoms with van der Waals surface area (Å²) in [5.74, 6) is -1.83. The molecule has 0 saturated carbocycles. The van der Waals surface area contributed by atoms with Gasteiger partial charge in [0.05, 0.1) is 15.8 Å². The average molecular weight is 806 g/mol. The summed E-state index contributed by atoms with van der Waals surface area (Å²) in [4.78, 5) is 11.4. The van der Waals surface area contributed by atoms with Crippen LogP contribution in [0.15, 0.2) is 30.3 Å². The number of halogens is 1. The number of thiophene rings is 1. The molecule has 0 radical (unpaired) electrons. The molecule has 0 spiro atoms. The van der Waals surface area contributed by atoms with Crippen LogP contribution in [0.3, 0.4) is 0 Å². The molecule has 14 heteroatoms. The maximum absolute atomic E-state index is 12.9. The Bertz CT molecular complexity index is 1390. The molecule has 1 saturated heterocycles. The molecule has 5 atom stereocenters. The number of hydrogen-bond donors (Lipinski definition) is 2. The molecule has 1 aromatic heterocycles. The molecule has 1 aliphatic heterocycles. The zero-order valence-electron chi connectivity index (χ0n) is 33.0. The minimum Gasteiger partial charge on any atom is -0.432 e. The van der Waals surface area contributed by atoms with Crippen LogP contribution in [-0.4, -0.2) is 82.5 Å². The van der Waals surface area contributed by atoms with E-state index in [9.17, 15) is 9.90 Å². The van der Waals surface area contributed by atoms with Crippen LogP contribution in [0.25, 0.3) is 0 Å². The summed E-state index contributed by atoms with van der Waals surface area (Å²) in [6, 6.07) is 10.5. The van der Waals surface area contributed by atoms with Gasteiger partial charge in [-0.3, -0.25) is 0 Å². The van der Waals surface area contributed by atoms with Crippen LogP contribution in [0.5, 0.6) is 0 Å². The van der Waals surface area contributed by atoms with Gasteiger partial charge in [-0.2, -0.15) is 0 Å². The summed E-state index contributed by atoms with van der Waals surface area (Å²) in [6.45, 7) is 34.4. The Hall–Kier alpha value is 0.0144. The van der Waals surface area contributed by atoms with Gasteiger partial charge in [0.15, 0.2) is 41.6 Å². The minimum atomic E-state index is -2.32. The van der Waals surface area contributed by atoms with E-state index in [2.05, 4.69) is 117 Å². The molecule has 1 aromatic carbocycles. The van der Waals surface area contributed by atoms with E-state index in [4.69, 9.17) is 34.0 Å². The molecule has 0 bridgehead atoms. The predicted molar refractivity (Wildman–Crippen MR) is 219 cm³/mol. The Morgan fingerprint density at radius 1 is 0.776 bits per heavy atom. The second kappa shape index (κ2) is 15.4. The molecule has 2 N–H and O–H groups in total. The summed E-state index contributed by atoms with van der Waals surface area (Å²) in [5, 5.41) is 12.8. The van der Waals surface area contributed by atoms with Crippen molar-refractivity contribution in [2.45, 2.75) is 154 Å². The highest BCUT2D eigenvalue weighted by Crippen LogP contribution is 2.47. The van der Waals surface area contributed by atoms with E-state index in [0.717, 1.165) is 17.5 Å². The van der Waals surface area contributed by atoms with Crippen molar-refractivity contribution in [3.05, 3.63) is 56.2 Å². The van der Waals surface area contributed by atoms with Gasteiger partial charge in [0.2, 0.25) is 5.79 Å². The third-order valence-corrected chi connectivity index (χ3v) is 17.7. The Morgan fingerprint density at radius 2 is 1.27 bits per heavy atom. The standard InChI is InChI=1S/C35H65ClO7SSi5/c1-34(2,49(15,16)38)23-26-19-17-25(18-20-26)21-27-22-29(44-33(27)36)35(37)32(43-48(12,13)14)31(42-47(9,10)11)30(41-46(6,7)8)28(40-35)24-39-45(3,4)5/h17-20,22,28,30-32,37-38H,21,23-24H2,1-16H3/t28-,30-,31+,32-,35?/m1/s1. The molecular weight excluding hydrogens is 740 g/mol. The summed E-state index contributed by atoms with van der Waals surface area (Å²) in [7, 11) is -10.8. The molecule has 1 aliphatic rings. The van der Waals surface area contributed by atoms with Crippen molar-refractivity contribution in [3.8, 4) is 0 Å². The van der Waals surface area contributed by atoms with E-state index < -0.39 is 71.8 Å². The molecule has 280 valence electrons. The summed E-state index contributed by atoms with van der Waals surface area (Å²) in [6.07, 6.45) is -1.05. The Morgan fingerprint density at radius 3 is 1.73 bits per heavy atom. The maximum atomic E-state index is 12.9. The Labute approximate surface area is 311 Å². The first-order valence-corrected chi connectivity index (χ1v) is 35.3. The van der Waals surface area contributed by atoms with E-state index >= 15 is 0 Å². The van der Waals surface area contributed by atoms with Crippen molar-refractivity contribution >= 4 is 64.5 Å². The minimum absolute atomic E-state index is 0.141. The molecule has 1 unspecified atom stereocenters. The van der Waals surface area contributed by atoms with E-state index in [1.54, 1.807) is 0 Å². The van der Waals surface area contributed by atoms with Crippen molar-refractivity contribution in [2.24, 2.45) is 0 Å². The van der Waals surface area contributed by atoms with Crippen molar-refractivity contribution < 1.29 is 32.3 Å². The first kappa shape index (κ1) is 43.4. The fourth-order valence-electron chi connectivity index (χ4n) is 5.67. The van der Waals surface area contributed by atoms with Gasteiger partial charge in [-0.05, 0) is 132 Å². The summed E-state index contributed by atoms with van der Waals surface area (Å²) >= 11 is 8.31. The SMILES string of the molecule is CC(C)(Cc1ccc(Cc2cc(C3(O)O[C@H](CO[Si](C)(C)C)[C@@H](O[Si](C)(C)C)[C@H](O[Si](C)(C)C)[C@H]3O[Si](C)(C)C)sc2Cl)cc1)[Si](C)(C)O. The van der Waals surface area contributed by atoms with Gasteiger partial charge < -0.3 is 32.3 Å². The normalized spacial score (nSPS) is 24.8. The van der Waals surface area contributed by atoms with Crippen LogP contribution in [0, 0.1) is 0 Å². The summed E-state index contributed by atoms with van der Waals surface area (Å²) < 4.78 is 34.7. The van der Waals surface area contributed by atoms with Gasteiger partial charge in [-0.1, -0.05) is 49.7 Å². The van der Waals surface area contributed by atoms with E-state index in [1.807, 2.05) is 19.2 Å². The lowest BCUT2D eigenvalue weighted by atomic mass is 9.91. The highest BCUT2D eigenvalue weighted by atomic mass is 35.5. The number of hydrogen-bond acceptors (Lipinski definition) is 8. The molecule has 0 aliphatic carbocycles. The second-order valence-electron chi connectivity index (χ2n) is 18.8. The second-order valence-corrected chi connectivity index (χ2v) is 42.9. The molecular formula is C35H65ClO7SSi5. The van der Waals surface area contributed by atoms with Gasteiger partial charge in [0.1, 0.15) is 24.4 Å². The number of benzene rings is 1. The quantitative estimate of drug-likeness (QED) is 0.174. The fourth-order valence-corrected chi connectivity index (χ4v) is 11.5. The van der Waals surface area contributed by atoms with Crippen LogP contribution >= 0.6 is 22.9 Å². The number of ether oxygens (including phenoxy) is 1. The molecule has 7 nitrogen and oxygen atoms in total. The lowest BCUT2D eigenvalue weighted by Gasteiger charge is -2.54. The van der Waals surface area contributed by atoms with Gasteiger partial charge in [-0.25, -0.2) is 0 Å². The van der Waals surface area contributed by atoms with Gasteiger partial charge in [0.25, 0.3) is 0 Å². The topological polar surface area (TPSA) is 86.6 Å². The monoisotopic (exact) mass is 804 g/mol. The Balaban J connectivity index is 2.08. The zero-order chi connectivity index (χ0) is 37.6. The maximum Gasteiger partial charge on any atom is 0.231 e. The van der Waals surface area contributed by atoms with Crippen molar-refractivity contribution in [1.29, 1.82) is 0 Å². The molecule has 2 heterocycles. The largest absolute Gasteiger partial charge is 0.432 e. The van der Waals surface area contributed by atoms with Crippen LogP contribution in [0.2, 0.25) is 101 Å². The Kier molecular flexibility index (Phi) is 13.6. The first-order valence-electron chi connectivity index (χ1n) is 17.6. The molecule has 1 fully saturated rings. The smallest absolute Gasteiger partial charge is 0.231 e. The van der Waals surface area contributed by atoms with Gasteiger partial charge in [-0.15, -0.1) is 11.3 Å². The van der Waals surface area contributed by atoms with Crippen molar-refractivity contribution in [2.75, 3.05) is 6.61 Å². The zero-order valence-corrected chi connectivity index (χ0v) is 39.6. The van der Waals surface area contributed by atoms with Crippen LogP contribution < -0.4 is 0 Å². The molecule has 3 rings (SSSR count). The lowest BCUT2D eigenvalue weighted by Crippen LogP contribution is -2.69. The van der Waals surface area contributed by atoms with Gasteiger partial charge in [0, 0.05) is 0 Å². The van der Waals surface area contributed by atoms with E-state index in [1.165, 1.54) is 16.9 Å². The van der Waals surface area contributed by atoms with E-state index in [0.29, 0.717) is 15.6 Å². The number of rotatable bonds is 15. The van der Waals surface area contributed by atoms with Crippen LogP contribution in [0.4, 0.5) is 0 Å². The molecule has 49 heavy (non-hydrogen) atoms. The summed E-state index contributed by atoms with van der Waals surface area (Å²) in [5.41, 5.74) is 3.23. The number of aliphatic hydroxyl groups is 1. The van der Waals surface area contributed by atoms with E-state index in [-0.39, 0.29) is 11.6 Å². The third kappa shape index (κ3) is 12.5. The lowest BCUT2D eigenvalue weighted by molar-refractivity contribution is -0.347. The van der Waals surface area contributed by atoms with Crippen LogP contribution in [0.1, 0.15) is 35.4 Å². The molecule has 2 aromatic rings. The highest BCUT2D eigenvalue weighted by molar-refractivity contribution is 7.16. The third-order valence-electron chi connectivity index (χ3n) is 8.68. The van der Waals surface area contributed by atoms with Gasteiger partial charge >= 0.3 is 0 Å². The first-order chi connectivity index (χ1) is 21.9. The van der Waals surface area contributed by atoms with Crippen molar-refractivity contribution in [3.63, 3.8) is 0 Å². The van der Waals surface area contributed by atoms with Crippen LogP contribution in [-0.2, 0) is 41.1 Å². The predicted octanol–water partition coefficient (Wildman–Crippen LogP) is 9.57.